The minimum atomic E-state index is 0.224. The number of ether oxygens (including phenoxy) is 1. The van der Waals surface area contributed by atoms with E-state index in [2.05, 4.69) is 30.3 Å². The summed E-state index contributed by atoms with van der Waals surface area (Å²) in [6.07, 6.45) is 4.86. The lowest BCUT2D eigenvalue weighted by Crippen LogP contribution is -2.22. The van der Waals surface area contributed by atoms with Gasteiger partial charge in [0.1, 0.15) is 12.4 Å². The largest absolute Gasteiger partial charge is 0.497 e. The van der Waals surface area contributed by atoms with Crippen molar-refractivity contribution >= 4 is 5.71 Å². The van der Waals surface area contributed by atoms with Gasteiger partial charge in [0.25, 0.3) is 0 Å². The zero-order chi connectivity index (χ0) is 21.3. The van der Waals surface area contributed by atoms with Gasteiger partial charge >= 0.3 is 0 Å². The lowest BCUT2D eigenvalue weighted by Gasteiger charge is -2.26. The number of benzene rings is 2. The van der Waals surface area contributed by atoms with Crippen molar-refractivity contribution in [2.75, 3.05) is 20.3 Å². The summed E-state index contributed by atoms with van der Waals surface area (Å²) in [7, 11) is 1.66. The van der Waals surface area contributed by atoms with Gasteiger partial charge in [0.05, 0.1) is 12.8 Å². The molecule has 2 aromatic rings. The van der Waals surface area contributed by atoms with Crippen LogP contribution in [0.4, 0.5) is 0 Å². The molecule has 0 radical (unpaired) electrons. The average Bonchev–Trinajstić information content (AvgIpc) is 2.79. The van der Waals surface area contributed by atoms with Crippen molar-refractivity contribution in [3.63, 3.8) is 0 Å². The summed E-state index contributed by atoms with van der Waals surface area (Å²) in [6, 6.07) is 14.6. The summed E-state index contributed by atoms with van der Waals surface area (Å²) in [5.41, 5.74) is 12.2. The summed E-state index contributed by atoms with van der Waals surface area (Å²) in [4.78, 5) is 5.62. The zero-order valence-electron chi connectivity index (χ0n) is 18.1. The molecule has 0 fully saturated rings. The minimum absolute atomic E-state index is 0.224. The van der Waals surface area contributed by atoms with Crippen LogP contribution in [0.15, 0.2) is 47.6 Å². The molecule has 162 valence electrons. The number of rotatable bonds is 10. The molecular formula is C25H34N2O3. The first-order chi connectivity index (χ1) is 14.6. The SMILES string of the molecule is COc1cccc(CO/N=C(\C)[C@@H]2CCc3cc([C@H](CN)CCCO)ccc3C2)c1. The molecule has 3 N–H and O–H groups in total. The van der Waals surface area contributed by atoms with E-state index in [0.717, 1.165) is 49.1 Å². The maximum Gasteiger partial charge on any atom is 0.142 e. The van der Waals surface area contributed by atoms with E-state index in [1.165, 1.54) is 16.7 Å². The van der Waals surface area contributed by atoms with Crippen molar-refractivity contribution in [2.24, 2.45) is 16.8 Å². The Labute approximate surface area is 179 Å². The average molecular weight is 411 g/mol. The van der Waals surface area contributed by atoms with Gasteiger partial charge in [-0.2, -0.15) is 0 Å². The highest BCUT2D eigenvalue weighted by Gasteiger charge is 2.22. The fraction of sp³-hybridized carbons (Fsp3) is 0.480. The third-order valence-corrected chi connectivity index (χ3v) is 6.09. The topological polar surface area (TPSA) is 77.1 Å². The first-order valence-corrected chi connectivity index (χ1v) is 10.9. The summed E-state index contributed by atoms with van der Waals surface area (Å²) in [5, 5.41) is 13.5. The second-order valence-corrected chi connectivity index (χ2v) is 8.12. The monoisotopic (exact) mass is 410 g/mol. The zero-order valence-corrected chi connectivity index (χ0v) is 18.1. The number of hydrogen-bond acceptors (Lipinski definition) is 5. The van der Waals surface area contributed by atoms with Gasteiger partial charge in [-0.25, -0.2) is 0 Å². The minimum Gasteiger partial charge on any atom is -0.497 e. The van der Waals surface area contributed by atoms with Crippen LogP contribution in [-0.2, 0) is 24.3 Å². The first kappa shape index (κ1) is 22.3. The Balaban J connectivity index is 1.59. The van der Waals surface area contributed by atoms with Crippen LogP contribution >= 0.6 is 0 Å². The summed E-state index contributed by atoms with van der Waals surface area (Å²) >= 11 is 0. The second kappa shape index (κ2) is 11.1. The second-order valence-electron chi connectivity index (χ2n) is 8.12. The molecule has 2 atom stereocenters. The Hall–Kier alpha value is -2.37. The van der Waals surface area contributed by atoms with E-state index >= 15 is 0 Å². The third kappa shape index (κ3) is 5.83. The van der Waals surface area contributed by atoms with E-state index in [9.17, 15) is 0 Å². The van der Waals surface area contributed by atoms with Crippen molar-refractivity contribution in [1.29, 1.82) is 0 Å². The van der Waals surface area contributed by atoms with E-state index in [-0.39, 0.29) is 6.61 Å². The van der Waals surface area contributed by atoms with Gasteiger partial charge in [0.15, 0.2) is 0 Å². The molecule has 0 saturated heterocycles. The van der Waals surface area contributed by atoms with Crippen molar-refractivity contribution < 1.29 is 14.7 Å². The molecule has 0 heterocycles. The van der Waals surface area contributed by atoms with E-state index < -0.39 is 0 Å². The van der Waals surface area contributed by atoms with Crippen LogP contribution in [0.5, 0.6) is 5.75 Å². The molecule has 5 heteroatoms. The molecule has 5 nitrogen and oxygen atoms in total. The van der Waals surface area contributed by atoms with Gasteiger partial charge < -0.3 is 20.4 Å². The molecule has 0 amide bonds. The Bertz CT molecular complexity index is 850. The highest BCUT2D eigenvalue weighted by molar-refractivity contribution is 5.84. The van der Waals surface area contributed by atoms with E-state index in [1.54, 1.807) is 7.11 Å². The number of aliphatic hydroxyl groups is 1. The molecule has 0 bridgehead atoms. The van der Waals surface area contributed by atoms with Gasteiger partial charge in [-0.3, -0.25) is 0 Å². The highest BCUT2D eigenvalue weighted by Crippen LogP contribution is 2.30. The molecule has 0 saturated carbocycles. The smallest absolute Gasteiger partial charge is 0.142 e. The Morgan fingerprint density at radius 1 is 1.23 bits per heavy atom. The molecular weight excluding hydrogens is 376 g/mol. The maximum absolute atomic E-state index is 9.11. The lowest BCUT2D eigenvalue weighted by atomic mass is 9.80. The quantitative estimate of drug-likeness (QED) is 0.454. The van der Waals surface area contributed by atoms with Crippen LogP contribution < -0.4 is 10.5 Å². The number of oxime groups is 1. The van der Waals surface area contributed by atoms with Gasteiger partial charge in [-0.1, -0.05) is 35.5 Å². The normalized spacial score (nSPS) is 17.3. The Morgan fingerprint density at radius 2 is 2.10 bits per heavy atom. The number of hydrogen-bond donors (Lipinski definition) is 2. The van der Waals surface area contributed by atoms with Crippen molar-refractivity contribution in [2.45, 2.75) is 51.6 Å². The summed E-state index contributed by atoms with van der Waals surface area (Å²) in [5.74, 6) is 1.56. The predicted molar refractivity (Wildman–Crippen MR) is 121 cm³/mol. The lowest BCUT2D eigenvalue weighted by molar-refractivity contribution is 0.128. The van der Waals surface area contributed by atoms with Crippen LogP contribution in [0.3, 0.4) is 0 Å². The first-order valence-electron chi connectivity index (χ1n) is 10.9. The van der Waals surface area contributed by atoms with E-state index in [0.29, 0.717) is 25.0 Å². The third-order valence-electron chi connectivity index (χ3n) is 6.09. The number of fused-ring (bicyclic) bond motifs is 1. The number of aliphatic hydroxyl groups excluding tert-OH is 1. The number of nitrogens with two attached hydrogens (primary N) is 1. The summed E-state index contributed by atoms with van der Waals surface area (Å²) < 4.78 is 5.25. The van der Waals surface area contributed by atoms with E-state index in [4.69, 9.17) is 20.4 Å². The van der Waals surface area contributed by atoms with Crippen LogP contribution in [0.25, 0.3) is 0 Å². The molecule has 2 aromatic carbocycles. The molecule has 0 aliphatic heterocycles. The molecule has 0 spiro atoms. The summed E-state index contributed by atoms with van der Waals surface area (Å²) in [6.45, 7) is 3.35. The standard InChI is InChI=1S/C25H34N2O3/c1-18(27-30-17-19-5-3-7-25(13-19)29-2)20-8-9-22-15-23(11-10-21(22)14-20)24(16-26)6-4-12-28/h3,5,7,10-11,13,15,20,24,28H,4,6,8-9,12,14,16-17,26H2,1-2H3/b27-18+/t20-,24+/m1/s1. The van der Waals surface area contributed by atoms with Crippen LogP contribution in [-0.4, -0.2) is 31.1 Å². The number of aryl methyl sites for hydroxylation is 1. The van der Waals surface area contributed by atoms with Gasteiger partial charge in [0.2, 0.25) is 0 Å². The van der Waals surface area contributed by atoms with Gasteiger partial charge in [0, 0.05) is 12.5 Å². The molecule has 3 rings (SSSR count). The molecule has 1 aliphatic rings. The number of nitrogens with zero attached hydrogens (tertiary/aromatic N) is 1. The van der Waals surface area contributed by atoms with Crippen molar-refractivity contribution in [3.05, 3.63) is 64.7 Å². The highest BCUT2D eigenvalue weighted by atomic mass is 16.6. The fourth-order valence-corrected chi connectivity index (χ4v) is 4.19. The molecule has 1 aliphatic carbocycles. The van der Waals surface area contributed by atoms with E-state index in [1.807, 2.05) is 24.3 Å². The van der Waals surface area contributed by atoms with Crippen LogP contribution in [0, 0.1) is 5.92 Å². The fourth-order valence-electron chi connectivity index (χ4n) is 4.19. The maximum atomic E-state index is 9.11. The predicted octanol–water partition coefficient (Wildman–Crippen LogP) is 4.21. The van der Waals surface area contributed by atoms with Gasteiger partial charge in [-0.15, -0.1) is 0 Å². The van der Waals surface area contributed by atoms with Crippen LogP contribution in [0.2, 0.25) is 0 Å². The van der Waals surface area contributed by atoms with Crippen molar-refractivity contribution in [1.82, 2.24) is 0 Å². The van der Waals surface area contributed by atoms with Crippen LogP contribution in [0.1, 0.15) is 54.4 Å². The molecule has 30 heavy (non-hydrogen) atoms. The Morgan fingerprint density at radius 3 is 2.87 bits per heavy atom. The van der Waals surface area contributed by atoms with Crippen molar-refractivity contribution in [3.8, 4) is 5.75 Å². The number of methoxy groups -OCH3 is 1. The molecule has 0 aromatic heterocycles. The molecule has 0 unspecified atom stereocenters. The Kier molecular flexibility index (Phi) is 8.29. The van der Waals surface area contributed by atoms with Gasteiger partial charge in [-0.05, 0) is 85.9 Å².